The Morgan fingerprint density at radius 1 is 0.880 bits per heavy atom. The van der Waals surface area contributed by atoms with Crippen LogP contribution in [0.1, 0.15) is 53.4 Å². The molecule has 0 unspecified atom stereocenters. The molecule has 0 bridgehead atoms. The summed E-state index contributed by atoms with van der Waals surface area (Å²) in [5.41, 5.74) is 0.357. The third-order valence-corrected chi connectivity index (χ3v) is 5.59. The summed E-state index contributed by atoms with van der Waals surface area (Å²) >= 11 is 0. The fourth-order valence-corrected chi connectivity index (χ4v) is 4.12. The summed E-state index contributed by atoms with van der Waals surface area (Å²) < 4.78 is 15.8. The molecule has 142 valence electrons. The van der Waals surface area contributed by atoms with Crippen LogP contribution in [0.25, 0.3) is 0 Å². The van der Waals surface area contributed by atoms with Crippen molar-refractivity contribution in [3.8, 4) is 0 Å². The number of hydrogen-bond donors (Lipinski definition) is 1. The molecule has 0 aromatic rings. The van der Waals surface area contributed by atoms with Gasteiger partial charge in [-0.1, -0.05) is 27.4 Å². The van der Waals surface area contributed by atoms with Crippen molar-refractivity contribution >= 4 is 32.6 Å². The fourth-order valence-electron chi connectivity index (χ4n) is 1.61. The van der Waals surface area contributed by atoms with Crippen LogP contribution in [0.5, 0.6) is 0 Å². The van der Waals surface area contributed by atoms with Gasteiger partial charge in [-0.2, -0.15) is 0 Å². The number of rotatable bonds is 11. The van der Waals surface area contributed by atoms with Crippen molar-refractivity contribution in [3.63, 3.8) is 0 Å². The summed E-state index contributed by atoms with van der Waals surface area (Å²) in [4.78, 5) is 46.7. The van der Waals surface area contributed by atoms with Crippen molar-refractivity contribution in [3.05, 3.63) is 12.2 Å². The molecule has 0 aromatic carbocycles. The minimum Gasteiger partial charge on any atom is -0.455 e. The summed E-state index contributed by atoms with van der Waals surface area (Å²) in [5.74, 6) is -2.17. The highest BCUT2D eigenvalue weighted by Crippen LogP contribution is 2.21. The normalized spacial score (nSPS) is 10.6. The number of hydrogen-bond acceptors (Lipinski definition) is 7. The maximum absolute atomic E-state index is 11.7. The van der Waals surface area contributed by atoms with Crippen LogP contribution in [0, 0.1) is 0 Å². The third-order valence-electron chi connectivity index (χ3n) is 3.01. The Balaban J connectivity index is 5.16. The van der Waals surface area contributed by atoms with Crippen molar-refractivity contribution in [2.45, 2.75) is 59.4 Å². The lowest BCUT2D eigenvalue weighted by atomic mass is 10.3. The first-order valence-corrected chi connectivity index (χ1v) is 10.2. The van der Waals surface area contributed by atoms with Gasteiger partial charge in [0.1, 0.15) is 0 Å². The lowest BCUT2D eigenvalue weighted by molar-refractivity contribution is -0.150. The van der Waals surface area contributed by atoms with E-state index in [4.69, 9.17) is 13.3 Å². The van der Waals surface area contributed by atoms with Crippen molar-refractivity contribution in [2.75, 3.05) is 6.54 Å². The van der Waals surface area contributed by atoms with E-state index in [1.165, 1.54) is 0 Å². The van der Waals surface area contributed by atoms with Crippen LogP contribution in [0.4, 0.5) is 0 Å². The summed E-state index contributed by atoms with van der Waals surface area (Å²) in [7, 11) is -3.87. The van der Waals surface area contributed by atoms with E-state index in [1.807, 2.05) is 0 Å². The number of amides is 1. The average Bonchev–Trinajstić information content (AvgIpc) is 2.57. The highest BCUT2D eigenvalue weighted by molar-refractivity contribution is 6.65. The van der Waals surface area contributed by atoms with Crippen LogP contribution >= 0.6 is 0 Å². The molecule has 9 heteroatoms. The molecular formula is C16H27NO7Si. The molecule has 0 saturated heterocycles. The standard InChI is InChI=1S/C16H27NO7Si/c1-6-13(18)22-25(23-14(19)7-2,24-15(20)8-3)11-9-10-17-16(21)12(4)5/h4,6-11H2,1-3,5H3,(H,17,21). The highest BCUT2D eigenvalue weighted by Gasteiger charge is 2.52. The van der Waals surface area contributed by atoms with Crippen molar-refractivity contribution < 1.29 is 32.5 Å². The van der Waals surface area contributed by atoms with Gasteiger partial charge in [-0.15, -0.1) is 0 Å². The Labute approximate surface area is 149 Å². The molecule has 0 spiro atoms. The number of carbonyl (C=O) groups excluding carboxylic acids is 4. The zero-order valence-corrected chi connectivity index (χ0v) is 16.3. The Morgan fingerprint density at radius 2 is 1.28 bits per heavy atom. The minimum absolute atomic E-state index is 0.0344. The second-order valence-corrected chi connectivity index (χ2v) is 7.78. The molecule has 1 amide bonds. The lowest BCUT2D eigenvalue weighted by Gasteiger charge is -2.27. The van der Waals surface area contributed by atoms with Crippen molar-refractivity contribution in [2.24, 2.45) is 0 Å². The molecule has 0 atom stereocenters. The van der Waals surface area contributed by atoms with Gasteiger partial charge in [-0.05, 0) is 13.3 Å². The Morgan fingerprint density at radius 3 is 1.60 bits per heavy atom. The fraction of sp³-hybridized carbons (Fsp3) is 0.625. The van der Waals surface area contributed by atoms with Crippen molar-refractivity contribution in [1.29, 1.82) is 0 Å². The molecule has 25 heavy (non-hydrogen) atoms. The van der Waals surface area contributed by atoms with Gasteiger partial charge in [0.25, 0.3) is 17.9 Å². The van der Waals surface area contributed by atoms with Gasteiger partial charge in [-0.3, -0.25) is 19.2 Å². The first-order chi connectivity index (χ1) is 11.7. The molecule has 0 aliphatic heterocycles. The lowest BCUT2D eigenvalue weighted by Crippen LogP contribution is -2.50. The summed E-state index contributed by atoms with van der Waals surface area (Å²) in [6.07, 6.45) is 0.452. The second kappa shape index (κ2) is 11.4. The van der Waals surface area contributed by atoms with Gasteiger partial charge in [0.15, 0.2) is 0 Å². The van der Waals surface area contributed by atoms with E-state index in [0.29, 0.717) is 12.0 Å². The molecule has 0 rings (SSSR count). The van der Waals surface area contributed by atoms with Crippen molar-refractivity contribution in [1.82, 2.24) is 5.32 Å². The molecule has 0 aliphatic rings. The summed E-state index contributed by atoms with van der Waals surface area (Å²) in [6.45, 7) is 10.1. The predicted octanol–water partition coefficient (Wildman–Crippen LogP) is 1.87. The molecule has 0 saturated carbocycles. The maximum Gasteiger partial charge on any atom is 0.705 e. The van der Waals surface area contributed by atoms with E-state index >= 15 is 0 Å². The zero-order chi connectivity index (χ0) is 19.5. The average molecular weight is 373 g/mol. The molecule has 1 N–H and O–H groups in total. The Bertz CT molecular complexity index is 473. The summed E-state index contributed by atoms with van der Waals surface area (Å²) in [6, 6.07) is 0.0344. The maximum atomic E-state index is 11.7. The van der Waals surface area contributed by atoms with Gasteiger partial charge in [-0.25, -0.2) is 0 Å². The van der Waals surface area contributed by atoms with Gasteiger partial charge in [0.2, 0.25) is 5.91 Å². The Kier molecular flexibility index (Phi) is 10.4. The van der Waals surface area contributed by atoms with E-state index in [1.54, 1.807) is 27.7 Å². The number of carbonyl (C=O) groups is 4. The van der Waals surface area contributed by atoms with E-state index < -0.39 is 26.7 Å². The first-order valence-electron chi connectivity index (χ1n) is 8.28. The smallest absolute Gasteiger partial charge is 0.455 e. The largest absolute Gasteiger partial charge is 0.705 e. The Hall–Kier alpha value is -2.16. The molecule has 0 aromatic heterocycles. The topological polar surface area (TPSA) is 108 Å². The SMILES string of the molecule is C=C(C)C(=O)NCCC[Si](OC(=O)CC)(OC(=O)CC)OC(=O)CC. The highest BCUT2D eigenvalue weighted by atomic mass is 28.4. The molecule has 0 heterocycles. The molecular weight excluding hydrogens is 346 g/mol. The molecule has 0 radical (unpaired) electrons. The summed E-state index contributed by atoms with van der Waals surface area (Å²) in [5, 5.41) is 2.62. The quantitative estimate of drug-likeness (QED) is 0.334. The predicted molar refractivity (Wildman–Crippen MR) is 92.2 cm³/mol. The molecule has 0 fully saturated rings. The van der Waals surface area contributed by atoms with Crippen LogP contribution in [-0.2, 0) is 32.5 Å². The van der Waals surface area contributed by atoms with Gasteiger partial charge < -0.3 is 18.6 Å². The van der Waals surface area contributed by atoms with Crippen LogP contribution in [0.2, 0.25) is 6.04 Å². The van der Waals surface area contributed by atoms with E-state index in [0.717, 1.165) is 0 Å². The van der Waals surface area contributed by atoms with E-state index in [-0.39, 0.29) is 37.8 Å². The first kappa shape index (κ1) is 22.8. The van der Waals surface area contributed by atoms with Crippen LogP contribution < -0.4 is 5.32 Å². The van der Waals surface area contributed by atoms with Gasteiger partial charge >= 0.3 is 8.80 Å². The van der Waals surface area contributed by atoms with E-state index in [9.17, 15) is 19.2 Å². The van der Waals surface area contributed by atoms with Crippen LogP contribution in [-0.4, -0.2) is 39.2 Å². The number of nitrogens with one attached hydrogen (secondary N) is 1. The van der Waals surface area contributed by atoms with Crippen LogP contribution in [0.3, 0.4) is 0 Å². The third kappa shape index (κ3) is 9.04. The molecule has 8 nitrogen and oxygen atoms in total. The molecule has 0 aliphatic carbocycles. The monoisotopic (exact) mass is 373 g/mol. The van der Waals surface area contributed by atoms with Gasteiger partial charge in [0.05, 0.1) is 6.04 Å². The minimum atomic E-state index is -3.87. The zero-order valence-electron chi connectivity index (χ0n) is 15.3. The van der Waals surface area contributed by atoms with Gasteiger partial charge in [0, 0.05) is 31.4 Å². The van der Waals surface area contributed by atoms with Crippen LogP contribution in [0.15, 0.2) is 12.2 Å². The van der Waals surface area contributed by atoms with E-state index in [2.05, 4.69) is 11.9 Å². The second-order valence-electron chi connectivity index (χ2n) is 5.31.